The molecule has 12 heteroatoms. The molecule has 2 saturated heterocycles. The highest BCUT2D eigenvalue weighted by molar-refractivity contribution is 7.99. The van der Waals surface area contributed by atoms with Crippen molar-refractivity contribution in [3.63, 3.8) is 0 Å². The maximum absolute atomic E-state index is 12.1. The molecule has 48 heavy (non-hydrogen) atoms. The zero-order chi connectivity index (χ0) is 37.7. The van der Waals surface area contributed by atoms with Gasteiger partial charge in [-0.2, -0.15) is 8.67 Å². The number of hydrogen-bond acceptors (Lipinski definition) is 7. The van der Waals surface area contributed by atoms with E-state index in [-0.39, 0.29) is 11.9 Å². The summed E-state index contributed by atoms with van der Waals surface area (Å²) in [6.07, 6.45) is 13.9. The Hall–Kier alpha value is -0.820. The lowest BCUT2D eigenvalue weighted by atomic mass is 10.1. The fourth-order valence-electron chi connectivity index (χ4n) is 5.16. The van der Waals surface area contributed by atoms with Crippen molar-refractivity contribution in [3.8, 4) is 0 Å². The second-order valence-electron chi connectivity index (χ2n) is 15.7. The third kappa shape index (κ3) is 30.0. The molecule has 4 atom stereocenters. The average Bonchev–Trinajstić information content (AvgIpc) is 3.54. The summed E-state index contributed by atoms with van der Waals surface area (Å²) < 4.78 is 52.1. The standard InChI is InChI=1S/C11H22N2O2S.C9H20OS.C8H17NO2S.C8H17N/c1-9(2)4-3-5-16(14,15)13-8-10-6-11(13)7-12-10;1-9(2)7-5-6-8-11(3,4)10;1-7(2)5-6-12(4,11)9-8(3)10;1-7(2)5-4-6-8(3)9/h9-12H,3-8H2,1-2H3;9H,3,5-8H2,1-2,4H3;7H,5-6H2,1-4H3;7,9H,4-6H2,1-3H3. The van der Waals surface area contributed by atoms with Crippen LogP contribution in [0.15, 0.2) is 4.36 Å². The monoisotopic (exact) mass is 740 g/mol. The lowest BCUT2D eigenvalue weighted by Crippen LogP contribution is -2.47. The smallest absolute Gasteiger partial charge is 0.250 e. The van der Waals surface area contributed by atoms with Crippen LogP contribution in [0.5, 0.6) is 0 Å². The summed E-state index contributed by atoms with van der Waals surface area (Å²) in [7, 11) is -6.97. The van der Waals surface area contributed by atoms with Crippen molar-refractivity contribution in [2.75, 3.05) is 42.9 Å². The molecule has 2 fully saturated rings. The van der Waals surface area contributed by atoms with E-state index in [4.69, 9.17) is 5.41 Å². The fraction of sp³-hybridized carbons (Fsp3) is 0.917. The van der Waals surface area contributed by atoms with Gasteiger partial charge in [0.25, 0.3) is 5.91 Å². The zero-order valence-corrected chi connectivity index (χ0v) is 35.4. The predicted molar refractivity (Wildman–Crippen MR) is 213 cm³/mol. The summed E-state index contributed by atoms with van der Waals surface area (Å²) in [6, 6.07) is 0.638. The number of carbonyl (C=O) groups is 1. The Labute approximate surface area is 298 Å². The van der Waals surface area contributed by atoms with Gasteiger partial charge in [-0.05, 0) is 90.9 Å². The molecule has 2 bridgehead atoms. The van der Waals surface area contributed by atoms with Gasteiger partial charge < -0.3 is 10.7 Å². The molecule has 0 aromatic carbocycles. The van der Waals surface area contributed by atoms with Crippen molar-refractivity contribution in [1.82, 2.24) is 9.62 Å². The first-order chi connectivity index (χ1) is 21.9. The predicted octanol–water partition coefficient (Wildman–Crippen LogP) is 7.49. The first-order valence-electron chi connectivity index (χ1n) is 18.1. The van der Waals surface area contributed by atoms with Gasteiger partial charge in [-0.25, -0.2) is 12.6 Å². The molecule has 9 nitrogen and oxygen atoms in total. The Morgan fingerprint density at radius 3 is 1.69 bits per heavy atom. The molecule has 0 aromatic heterocycles. The first-order valence-corrected chi connectivity index (χ1v) is 24.1. The van der Waals surface area contributed by atoms with Gasteiger partial charge in [0.15, 0.2) is 0 Å². The minimum Gasteiger partial charge on any atom is -0.311 e. The van der Waals surface area contributed by atoms with Crippen LogP contribution in [0.3, 0.4) is 0 Å². The molecule has 2 aliphatic heterocycles. The van der Waals surface area contributed by atoms with Crippen LogP contribution < -0.4 is 5.32 Å². The van der Waals surface area contributed by atoms with Gasteiger partial charge in [0.2, 0.25) is 10.0 Å². The third-order valence-corrected chi connectivity index (χ3v) is 12.6. The second-order valence-corrected chi connectivity index (χ2v) is 23.0. The van der Waals surface area contributed by atoms with Crippen LogP contribution >= 0.6 is 0 Å². The van der Waals surface area contributed by atoms with E-state index in [1.807, 2.05) is 6.92 Å². The Bertz CT molecular complexity index is 1240. The number of fused-ring (bicyclic) bond motifs is 2. The lowest BCUT2D eigenvalue weighted by molar-refractivity contribution is -0.115. The Morgan fingerprint density at radius 1 is 0.792 bits per heavy atom. The van der Waals surface area contributed by atoms with Gasteiger partial charge in [-0.15, -0.1) is 0 Å². The summed E-state index contributed by atoms with van der Waals surface area (Å²) in [4.78, 5) is 10.6. The molecule has 0 aliphatic carbocycles. The number of rotatable bonds is 17. The Morgan fingerprint density at radius 2 is 1.29 bits per heavy atom. The van der Waals surface area contributed by atoms with E-state index in [0.717, 1.165) is 68.4 Å². The van der Waals surface area contributed by atoms with Crippen LogP contribution in [0.25, 0.3) is 0 Å². The largest absolute Gasteiger partial charge is 0.311 e. The maximum Gasteiger partial charge on any atom is 0.250 e. The average molecular weight is 741 g/mol. The molecule has 0 spiro atoms. The van der Waals surface area contributed by atoms with Gasteiger partial charge in [0, 0.05) is 61.8 Å². The fourth-order valence-corrected chi connectivity index (χ4v) is 9.31. The molecule has 0 saturated carbocycles. The summed E-state index contributed by atoms with van der Waals surface area (Å²) in [5, 5.41) is 10.5. The van der Waals surface area contributed by atoms with Crippen LogP contribution in [0.2, 0.25) is 0 Å². The van der Waals surface area contributed by atoms with Crippen LogP contribution in [0.4, 0.5) is 0 Å². The quantitative estimate of drug-likeness (QED) is 0.0901. The van der Waals surface area contributed by atoms with Crippen molar-refractivity contribution in [3.05, 3.63) is 0 Å². The van der Waals surface area contributed by atoms with Crippen molar-refractivity contribution < 1.29 is 21.6 Å². The summed E-state index contributed by atoms with van der Waals surface area (Å²) in [5.41, 5.74) is 0.815. The van der Waals surface area contributed by atoms with Crippen LogP contribution in [-0.4, -0.2) is 93.6 Å². The molecule has 0 aromatic rings. The number of amides is 1. The van der Waals surface area contributed by atoms with E-state index in [1.165, 1.54) is 38.9 Å². The molecule has 288 valence electrons. The number of unbranched alkanes of at least 4 members (excludes halogenated alkanes) is 1. The van der Waals surface area contributed by atoms with Crippen LogP contribution in [0.1, 0.15) is 133 Å². The van der Waals surface area contributed by atoms with E-state index in [9.17, 15) is 21.6 Å². The zero-order valence-electron chi connectivity index (χ0n) is 32.9. The lowest BCUT2D eigenvalue weighted by Gasteiger charge is -2.26. The molecular weight excluding hydrogens is 665 g/mol. The van der Waals surface area contributed by atoms with E-state index in [2.05, 4.69) is 70.9 Å². The Kier molecular flexibility index (Phi) is 25.9. The number of nitrogens with one attached hydrogen (secondary N) is 2. The van der Waals surface area contributed by atoms with E-state index in [1.54, 1.807) is 10.6 Å². The minimum absolute atomic E-state index is 0.231. The highest BCUT2D eigenvalue weighted by Crippen LogP contribution is 2.27. The minimum atomic E-state index is -2.99. The maximum atomic E-state index is 12.1. The molecule has 0 radical (unpaired) electrons. The molecule has 2 heterocycles. The number of carbonyl (C=O) groups excluding carboxylic acids is 1. The SMILES string of the molecule is C=S(C)(=O)CCCCC(C)C.CC(=N)CCCC(C)C.CC(=O)N=S(C)(=O)CCC(C)C.CC(C)CCCS(=O)(=O)N1CC2CC1CN2. The number of piperazine rings is 1. The first kappa shape index (κ1) is 49.3. The number of hydrogen-bond donors (Lipinski definition) is 2. The third-order valence-electron chi connectivity index (χ3n) is 7.88. The van der Waals surface area contributed by atoms with Crippen molar-refractivity contribution >= 4 is 46.8 Å². The van der Waals surface area contributed by atoms with Gasteiger partial charge >= 0.3 is 0 Å². The van der Waals surface area contributed by atoms with Gasteiger partial charge in [-0.3, -0.25) is 9.00 Å². The normalized spacial score (nSPS) is 19.8. The summed E-state index contributed by atoms with van der Waals surface area (Å²) >= 11 is 0. The van der Waals surface area contributed by atoms with Gasteiger partial charge in [-0.1, -0.05) is 74.7 Å². The van der Waals surface area contributed by atoms with Crippen molar-refractivity contribution in [1.29, 1.82) is 5.41 Å². The van der Waals surface area contributed by atoms with E-state index < -0.39 is 29.3 Å². The summed E-state index contributed by atoms with van der Waals surface area (Å²) in [5.74, 6) is 7.57. The molecule has 2 N–H and O–H groups in total. The van der Waals surface area contributed by atoms with Crippen LogP contribution in [-0.2, 0) is 34.1 Å². The highest BCUT2D eigenvalue weighted by Gasteiger charge is 2.43. The topological polar surface area (TPSA) is 137 Å². The van der Waals surface area contributed by atoms with Crippen molar-refractivity contribution in [2.24, 2.45) is 28.0 Å². The molecule has 2 aliphatic rings. The highest BCUT2D eigenvalue weighted by atomic mass is 32.2. The van der Waals surface area contributed by atoms with Gasteiger partial charge in [0.1, 0.15) is 0 Å². The van der Waals surface area contributed by atoms with Gasteiger partial charge in [0.05, 0.1) is 15.5 Å². The molecule has 4 unspecified atom stereocenters. The number of sulfonamides is 1. The summed E-state index contributed by atoms with van der Waals surface area (Å²) in [6.45, 7) is 22.0. The van der Waals surface area contributed by atoms with Crippen molar-refractivity contribution in [2.45, 2.75) is 146 Å². The number of nitrogens with zero attached hydrogens (tertiary/aromatic N) is 2. The van der Waals surface area contributed by atoms with E-state index in [0.29, 0.717) is 35.9 Å². The van der Waals surface area contributed by atoms with E-state index >= 15 is 0 Å². The molecule has 2 rings (SSSR count). The second kappa shape index (κ2) is 25.2. The molecule has 1 amide bonds. The Balaban J connectivity index is 0. The van der Waals surface area contributed by atoms with Crippen LogP contribution in [0, 0.1) is 29.1 Å². The molecular formula is C36H76N4O5S3.